The molecule has 1 amide bonds. The van der Waals surface area contributed by atoms with E-state index in [0.717, 1.165) is 16.8 Å². The number of esters is 1. The summed E-state index contributed by atoms with van der Waals surface area (Å²) in [5.41, 5.74) is 4.24. The lowest BCUT2D eigenvalue weighted by Gasteiger charge is -2.12. The van der Waals surface area contributed by atoms with Gasteiger partial charge >= 0.3 is 5.97 Å². The summed E-state index contributed by atoms with van der Waals surface area (Å²) in [5, 5.41) is 6.94. The second-order valence-corrected chi connectivity index (χ2v) is 6.85. The van der Waals surface area contributed by atoms with E-state index in [4.69, 9.17) is 9.47 Å². The molecule has 0 aliphatic heterocycles. The van der Waals surface area contributed by atoms with Crippen LogP contribution in [0.15, 0.2) is 18.2 Å². The van der Waals surface area contributed by atoms with Gasteiger partial charge in [0, 0.05) is 7.05 Å². The molecule has 7 heteroatoms. The minimum atomic E-state index is -0.598. The van der Waals surface area contributed by atoms with Gasteiger partial charge in [-0.05, 0) is 43.9 Å². The fraction of sp³-hybridized carbons (Fsp3) is 0.450. The molecule has 7 nitrogen and oxygen atoms in total. The van der Waals surface area contributed by atoms with Crippen molar-refractivity contribution in [3.8, 4) is 5.75 Å². The second kappa shape index (κ2) is 8.70. The number of hydrogen-bond donors (Lipinski definition) is 1. The molecule has 0 unspecified atom stereocenters. The van der Waals surface area contributed by atoms with Gasteiger partial charge in [-0.3, -0.25) is 9.48 Å². The Hall–Kier alpha value is -2.83. The van der Waals surface area contributed by atoms with E-state index in [9.17, 15) is 9.59 Å². The molecule has 1 N–H and O–H groups in total. The Morgan fingerprint density at radius 1 is 1.19 bits per heavy atom. The summed E-state index contributed by atoms with van der Waals surface area (Å²) >= 11 is 0. The van der Waals surface area contributed by atoms with Gasteiger partial charge in [-0.15, -0.1) is 0 Å². The second-order valence-electron chi connectivity index (χ2n) is 6.85. The zero-order chi connectivity index (χ0) is 20.1. The maximum Gasteiger partial charge on any atom is 0.344 e. The summed E-state index contributed by atoms with van der Waals surface area (Å²) in [5.74, 6) is -0.00753. The van der Waals surface area contributed by atoms with Gasteiger partial charge in [0.05, 0.1) is 17.1 Å². The number of aryl methyl sites for hydroxylation is 3. The third kappa shape index (κ3) is 5.32. The van der Waals surface area contributed by atoms with Crippen LogP contribution in [0, 0.1) is 20.8 Å². The highest BCUT2D eigenvalue weighted by atomic mass is 16.6. The molecule has 27 heavy (non-hydrogen) atoms. The third-order valence-corrected chi connectivity index (χ3v) is 4.36. The van der Waals surface area contributed by atoms with Gasteiger partial charge in [0.15, 0.2) is 13.2 Å². The highest BCUT2D eigenvalue weighted by Crippen LogP contribution is 2.24. The van der Waals surface area contributed by atoms with Crippen molar-refractivity contribution in [2.45, 2.75) is 40.5 Å². The number of carbonyl (C=O) groups excluding carboxylic acids is 2. The Morgan fingerprint density at radius 3 is 2.48 bits per heavy atom. The first-order chi connectivity index (χ1) is 12.7. The van der Waals surface area contributed by atoms with Crippen LogP contribution in [0.5, 0.6) is 5.75 Å². The molecule has 0 bridgehead atoms. The van der Waals surface area contributed by atoms with Crippen molar-refractivity contribution in [3.05, 3.63) is 40.7 Å². The molecule has 1 aromatic carbocycles. The fourth-order valence-electron chi connectivity index (χ4n) is 2.59. The molecule has 0 atom stereocenters. The first kappa shape index (κ1) is 20.5. The molecule has 0 aliphatic carbocycles. The summed E-state index contributed by atoms with van der Waals surface area (Å²) in [7, 11) is 1.80. The van der Waals surface area contributed by atoms with Gasteiger partial charge in [0.1, 0.15) is 5.75 Å². The predicted molar refractivity (Wildman–Crippen MR) is 103 cm³/mol. The molecule has 0 radical (unpaired) electrons. The molecule has 1 aromatic heterocycles. The van der Waals surface area contributed by atoms with E-state index >= 15 is 0 Å². The normalized spacial score (nSPS) is 10.8. The summed E-state index contributed by atoms with van der Waals surface area (Å²) in [4.78, 5) is 23.9. The average Bonchev–Trinajstić information content (AvgIpc) is 2.85. The number of amides is 1. The van der Waals surface area contributed by atoms with Crippen LogP contribution < -0.4 is 10.1 Å². The first-order valence-corrected chi connectivity index (χ1v) is 8.88. The standard InChI is InChI=1S/C20H27N3O4/c1-12(2)16-8-7-13(3)17(9-16)26-11-19(25)27-10-18(24)21-20-14(4)22-23(6)15(20)5/h7-9,12H,10-11H2,1-6H3,(H,21,24). The van der Waals surface area contributed by atoms with Crippen LogP contribution in [0.4, 0.5) is 5.69 Å². The number of carbonyl (C=O) groups is 2. The molecule has 0 fully saturated rings. The Morgan fingerprint density at radius 2 is 1.89 bits per heavy atom. The highest BCUT2D eigenvalue weighted by molar-refractivity contribution is 5.93. The van der Waals surface area contributed by atoms with Crippen molar-refractivity contribution in [1.82, 2.24) is 9.78 Å². The zero-order valence-electron chi connectivity index (χ0n) is 16.8. The molecular formula is C20H27N3O4. The minimum absolute atomic E-state index is 0.249. The van der Waals surface area contributed by atoms with Crippen molar-refractivity contribution < 1.29 is 19.1 Å². The van der Waals surface area contributed by atoms with Crippen molar-refractivity contribution >= 4 is 17.6 Å². The van der Waals surface area contributed by atoms with E-state index in [2.05, 4.69) is 24.3 Å². The van der Waals surface area contributed by atoms with E-state index in [1.165, 1.54) is 0 Å². The van der Waals surface area contributed by atoms with Crippen LogP contribution in [-0.2, 0) is 21.4 Å². The first-order valence-electron chi connectivity index (χ1n) is 8.88. The molecule has 0 saturated carbocycles. The Kier molecular flexibility index (Phi) is 6.60. The average molecular weight is 373 g/mol. The third-order valence-electron chi connectivity index (χ3n) is 4.36. The van der Waals surface area contributed by atoms with E-state index in [-0.39, 0.29) is 13.2 Å². The number of nitrogens with one attached hydrogen (secondary N) is 1. The van der Waals surface area contributed by atoms with Crippen LogP contribution in [-0.4, -0.2) is 34.9 Å². The van der Waals surface area contributed by atoms with Crippen molar-refractivity contribution in [3.63, 3.8) is 0 Å². The smallest absolute Gasteiger partial charge is 0.344 e. The summed E-state index contributed by atoms with van der Waals surface area (Å²) in [6.07, 6.45) is 0. The SMILES string of the molecule is Cc1ccc(C(C)C)cc1OCC(=O)OCC(=O)Nc1c(C)nn(C)c1C. The van der Waals surface area contributed by atoms with E-state index in [0.29, 0.717) is 23.0 Å². The van der Waals surface area contributed by atoms with E-state index in [1.54, 1.807) is 18.7 Å². The number of benzene rings is 1. The number of ether oxygens (including phenoxy) is 2. The molecule has 0 saturated heterocycles. The van der Waals surface area contributed by atoms with Gasteiger partial charge < -0.3 is 14.8 Å². The topological polar surface area (TPSA) is 82.4 Å². The molecular weight excluding hydrogens is 346 g/mol. The van der Waals surface area contributed by atoms with Crippen molar-refractivity contribution in [2.24, 2.45) is 7.05 Å². The Bertz CT molecular complexity index is 840. The van der Waals surface area contributed by atoms with Crippen LogP contribution in [0.3, 0.4) is 0 Å². The van der Waals surface area contributed by atoms with Gasteiger partial charge in [-0.25, -0.2) is 4.79 Å². The van der Waals surface area contributed by atoms with Crippen LogP contribution in [0.2, 0.25) is 0 Å². The van der Waals surface area contributed by atoms with Crippen molar-refractivity contribution in [2.75, 3.05) is 18.5 Å². The summed E-state index contributed by atoms with van der Waals surface area (Å²) < 4.78 is 12.2. The molecule has 1 heterocycles. The van der Waals surface area contributed by atoms with Crippen LogP contribution in [0.25, 0.3) is 0 Å². The molecule has 0 spiro atoms. The summed E-state index contributed by atoms with van der Waals surface area (Å²) in [6, 6.07) is 5.92. The number of aromatic nitrogens is 2. The maximum absolute atomic E-state index is 12.0. The number of hydrogen-bond acceptors (Lipinski definition) is 5. The Balaban J connectivity index is 1.84. The largest absolute Gasteiger partial charge is 0.482 e. The predicted octanol–water partition coefficient (Wildman–Crippen LogP) is 3.03. The molecule has 146 valence electrons. The molecule has 0 aliphatic rings. The number of rotatable bonds is 7. The van der Waals surface area contributed by atoms with Crippen LogP contribution >= 0.6 is 0 Å². The lowest BCUT2D eigenvalue weighted by Crippen LogP contribution is -2.24. The number of anilines is 1. The molecule has 2 aromatic rings. The number of nitrogens with zero attached hydrogens (tertiary/aromatic N) is 2. The monoisotopic (exact) mass is 373 g/mol. The summed E-state index contributed by atoms with van der Waals surface area (Å²) in [6.45, 7) is 9.12. The quantitative estimate of drug-likeness (QED) is 0.755. The maximum atomic E-state index is 12.0. The van der Waals surface area contributed by atoms with Crippen molar-refractivity contribution in [1.29, 1.82) is 0 Å². The van der Waals surface area contributed by atoms with Gasteiger partial charge in [-0.2, -0.15) is 5.10 Å². The highest BCUT2D eigenvalue weighted by Gasteiger charge is 2.14. The van der Waals surface area contributed by atoms with Crippen LogP contribution in [0.1, 0.15) is 42.3 Å². The minimum Gasteiger partial charge on any atom is -0.482 e. The Labute approximate surface area is 159 Å². The molecule has 2 rings (SSSR count). The fourth-order valence-corrected chi connectivity index (χ4v) is 2.59. The lowest BCUT2D eigenvalue weighted by atomic mass is 10.0. The van der Waals surface area contributed by atoms with E-state index < -0.39 is 11.9 Å². The van der Waals surface area contributed by atoms with E-state index in [1.807, 2.05) is 32.0 Å². The van der Waals surface area contributed by atoms with Gasteiger partial charge in [-0.1, -0.05) is 26.0 Å². The zero-order valence-corrected chi connectivity index (χ0v) is 16.8. The van der Waals surface area contributed by atoms with Gasteiger partial charge in [0.2, 0.25) is 0 Å². The lowest BCUT2D eigenvalue weighted by molar-refractivity contribution is -0.149. The van der Waals surface area contributed by atoms with Gasteiger partial charge in [0.25, 0.3) is 5.91 Å².